The standard InChI is InChI=1S/2C20H34N4O6S.ClH/c2*1-6-7-16(25)29-14(2)19(26)30-15(12-21-20(3,4)5)13-28-18-17(22-31-23-18)24-8-10-27-11-9-24;/h2*14-15,21H,6-13H2,1-5H3;1H/t2*14-,15+;/m11./s1. The third kappa shape index (κ3) is 21.7. The van der Waals surface area contributed by atoms with Crippen molar-refractivity contribution in [1.29, 1.82) is 0 Å². The molecule has 2 N–H and O–H groups in total. The van der Waals surface area contributed by atoms with Crippen LogP contribution in [0.15, 0.2) is 0 Å². The topological polar surface area (TPSA) is 224 Å². The van der Waals surface area contributed by atoms with Crippen LogP contribution in [0.2, 0.25) is 0 Å². The minimum absolute atomic E-state index is 0. The van der Waals surface area contributed by atoms with Crippen molar-refractivity contribution >= 4 is 71.4 Å². The monoisotopic (exact) mass is 952 g/mol. The van der Waals surface area contributed by atoms with Crippen LogP contribution in [0.25, 0.3) is 0 Å². The van der Waals surface area contributed by atoms with E-state index in [1.54, 1.807) is 0 Å². The Balaban J connectivity index is 0.000000427. The molecule has 63 heavy (non-hydrogen) atoms. The van der Waals surface area contributed by atoms with Gasteiger partial charge in [0.05, 0.1) is 49.9 Å². The fraction of sp³-hybridized carbons (Fsp3) is 0.800. The summed E-state index contributed by atoms with van der Waals surface area (Å²) in [5.74, 6) is 0.0926. The number of hydrogen-bond acceptors (Lipinski definition) is 22. The van der Waals surface area contributed by atoms with Gasteiger partial charge in [-0.25, -0.2) is 9.59 Å². The minimum atomic E-state index is -0.985. The summed E-state index contributed by atoms with van der Waals surface area (Å²) in [6.07, 6.45) is -1.34. The molecule has 0 spiro atoms. The average Bonchev–Trinajstić information content (AvgIpc) is 3.90. The molecule has 2 fully saturated rings. The van der Waals surface area contributed by atoms with Gasteiger partial charge in [0.25, 0.3) is 11.8 Å². The van der Waals surface area contributed by atoms with Crippen molar-refractivity contribution in [1.82, 2.24) is 28.1 Å². The highest BCUT2D eigenvalue weighted by Gasteiger charge is 2.29. The van der Waals surface area contributed by atoms with Gasteiger partial charge in [0.1, 0.15) is 25.4 Å². The fourth-order valence-corrected chi connectivity index (χ4v) is 6.50. The lowest BCUT2D eigenvalue weighted by molar-refractivity contribution is -0.171. The van der Waals surface area contributed by atoms with Crippen LogP contribution in [-0.4, -0.2) is 156 Å². The molecule has 0 unspecified atom stereocenters. The number of anilines is 2. The van der Waals surface area contributed by atoms with Gasteiger partial charge in [-0.05, 0) is 68.2 Å². The predicted molar refractivity (Wildman–Crippen MR) is 240 cm³/mol. The van der Waals surface area contributed by atoms with Gasteiger partial charge in [-0.1, -0.05) is 13.8 Å². The van der Waals surface area contributed by atoms with Crippen LogP contribution >= 0.6 is 35.9 Å². The first-order chi connectivity index (χ1) is 29.4. The summed E-state index contributed by atoms with van der Waals surface area (Å²) in [6, 6.07) is 0. The van der Waals surface area contributed by atoms with E-state index < -0.39 is 48.3 Å². The number of carbonyl (C=O) groups is 4. The zero-order valence-electron chi connectivity index (χ0n) is 38.4. The van der Waals surface area contributed by atoms with Crippen molar-refractivity contribution in [2.45, 2.75) is 130 Å². The van der Waals surface area contributed by atoms with E-state index in [4.69, 9.17) is 37.9 Å². The molecule has 0 bridgehead atoms. The molecule has 0 aromatic carbocycles. The van der Waals surface area contributed by atoms with Gasteiger partial charge in [0.2, 0.25) is 11.6 Å². The molecule has 2 aromatic rings. The van der Waals surface area contributed by atoms with Gasteiger partial charge < -0.3 is 58.3 Å². The minimum Gasteiger partial charge on any atom is -0.470 e. The Kier molecular flexibility index (Phi) is 24.9. The number of rotatable bonds is 22. The lowest BCUT2D eigenvalue weighted by atomic mass is 10.1. The highest BCUT2D eigenvalue weighted by Crippen LogP contribution is 2.28. The Bertz CT molecular complexity index is 1530. The van der Waals surface area contributed by atoms with E-state index >= 15 is 0 Å². The van der Waals surface area contributed by atoms with Gasteiger partial charge in [-0.3, -0.25) is 9.59 Å². The molecule has 2 aliphatic rings. The van der Waals surface area contributed by atoms with Crippen molar-refractivity contribution in [2.24, 2.45) is 0 Å². The average molecular weight is 954 g/mol. The fourth-order valence-electron chi connectivity index (χ4n) is 5.46. The SMILES string of the molecule is CCCC(=O)O[C@H](C)C(=O)O[C@@H](CNC(C)(C)C)COc1nsnc1N1CCOCC1.CCCC(=O)O[C@H](C)C(=O)O[C@@H](CNC(C)(C)C)COc1nsnc1N1CCOCC1.Cl. The third-order valence-corrected chi connectivity index (χ3v) is 9.80. The molecule has 0 saturated carbocycles. The molecule has 4 rings (SSSR count). The first-order valence-electron chi connectivity index (χ1n) is 21.2. The Labute approximate surface area is 386 Å². The summed E-state index contributed by atoms with van der Waals surface area (Å²) in [5.41, 5.74) is -0.351. The second-order valence-corrected chi connectivity index (χ2v) is 17.8. The zero-order valence-corrected chi connectivity index (χ0v) is 40.9. The molecule has 4 atom stereocenters. The van der Waals surface area contributed by atoms with Gasteiger partial charge >= 0.3 is 23.9 Å². The summed E-state index contributed by atoms with van der Waals surface area (Å²) in [7, 11) is 0. The van der Waals surface area contributed by atoms with E-state index in [0.717, 1.165) is 23.5 Å². The number of esters is 4. The van der Waals surface area contributed by atoms with E-state index in [9.17, 15) is 19.2 Å². The highest BCUT2D eigenvalue weighted by molar-refractivity contribution is 6.99. The largest absolute Gasteiger partial charge is 0.470 e. The summed E-state index contributed by atoms with van der Waals surface area (Å²) in [6.45, 7) is 25.1. The molecule has 2 saturated heterocycles. The van der Waals surface area contributed by atoms with Crippen LogP contribution in [0, 0.1) is 0 Å². The summed E-state index contributed by atoms with van der Waals surface area (Å²) < 4.78 is 61.1. The van der Waals surface area contributed by atoms with Gasteiger partial charge in [-0.2, -0.15) is 8.75 Å². The molecular weight excluding hydrogens is 884 g/mol. The Morgan fingerprint density at radius 2 is 0.968 bits per heavy atom. The molecule has 2 aliphatic heterocycles. The van der Waals surface area contributed by atoms with Crippen LogP contribution < -0.4 is 29.9 Å². The zero-order chi connectivity index (χ0) is 45.7. The van der Waals surface area contributed by atoms with Crippen LogP contribution in [0.4, 0.5) is 11.6 Å². The number of aromatic nitrogens is 4. The Hall–Kier alpha value is -3.67. The summed E-state index contributed by atoms with van der Waals surface area (Å²) in [4.78, 5) is 52.4. The van der Waals surface area contributed by atoms with Crippen LogP contribution in [-0.2, 0) is 47.6 Å². The summed E-state index contributed by atoms with van der Waals surface area (Å²) in [5, 5.41) is 6.62. The van der Waals surface area contributed by atoms with Gasteiger partial charge in [-0.15, -0.1) is 21.2 Å². The molecule has 23 heteroatoms. The van der Waals surface area contributed by atoms with Crippen LogP contribution in [0.5, 0.6) is 11.8 Å². The summed E-state index contributed by atoms with van der Waals surface area (Å²) >= 11 is 2.14. The maximum Gasteiger partial charge on any atom is 0.347 e. The maximum atomic E-state index is 12.5. The van der Waals surface area contributed by atoms with Crippen molar-refractivity contribution in [3.05, 3.63) is 0 Å². The smallest absolute Gasteiger partial charge is 0.347 e. The van der Waals surface area contributed by atoms with Crippen molar-refractivity contribution < 1.29 is 57.1 Å². The number of ether oxygens (including phenoxy) is 8. The molecule has 2 aromatic heterocycles. The lowest BCUT2D eigenvalue weighted by Gasteiger charge is -2.28. The number of nitrogens with zero attached hydrogens (tertiary/aromatic N) is 6. The van der Waals surface area contributed by atoms with Gasteiger partial charge in [0, 0.05) is 63.2 Å². The van der Waals surface area contributed by atoms with E-state index in [2.05, 4.69) is 37.9 Å². The molecule has 0 radical (unpaired) electrons. The van der Waals surface area contributed by atoms with Crippen LogP contribution in [0.1, 0.15) is 94.9 Å². The van der Waals surface area contributed by atoms with E-state index in [-0.39, 0.29) is 49.5 Å². The second kappa shape index (κ2) is 28.3. The molecule has 0 aliphatic carbocycles. The van der Waals surface area contributed by atoms with E-state index in [1.807, 2.05) is 55.4 Å². The van der Waals surface area contributed by atoms with Crippen molar-refractivity contribution in [3.8, 4) is 11.8 Å². The number of halogens is 1. The second-order valence-electron chi connectivity index (χ2n) is 16.8. The number of carbonyl (C=O) groups excluding carboxylic acids is 4. The van der Waals surface area contributed by atoms with Crippen molar-refractivity contribution in [3.63, 3.8) is 0 Å². The molecule has 0 amide bonds. The van der Waals surface area contributed by atoms with E-state index in [1.165, 1.54) is 13.8 Å². The number of hydrogen-bond donors (Lipinski definition) is 2. The van der Waals surface area contributed by atoms with Crippen molar-refractivity contribution in [2.75, 3.05) is 88.7 Å². The first kappa shape index (κ1) is 55.5. The van der Waals surface area contributed by atoms with Crippen LogP contribution in [0.3, 0.4) is 0 Å². The quantitative estimate of drug-likeness (QED) is 0.126. The molecule has 360 valence electrons. The van der Waals surface area contributed by atoms with E-state index in [0.29, 0.717) is 102 Å². The molecule has 4 heterocycles. The third-order valence-electron chi connectivity index (χ3n) is 8.79. The van der Waals surface area contributed by atoms with Gasteiger partial charge in [0.15, 0.2) is 12.2 Å². The Morgan fingerprint density at radius 1 is 0.619 bits per heavy atom. The first-order valence-corrected chi connectivity index (χ1v) is 22.7. The molecule has 20 nitrogen and oxygen atoms in total. The maximum absolute atomic E-state index is 12.5. The number of morpholine rings is 2. The lowest BCUT2D eigenvalue weighted by Crippen LogP contribution is -2.45. The highest BCUT2D eigenvalue weighted by atomic mass is 35.5. The normalized spacial score (nSPS) is 16.2. The Morgan fingerprint density at radius 3 is 1.29 bits per heavy atom. The molecular formula is C40H69ClN8O12S2. The number of nitrogens with one attached hydrogen (secondary N) is 2. The predicted octanol–water partition coefficient (Wildman–Crippen LogP) is 3.99.